The van der Waals surface area contributed by atoms with Gasteiger partial charge in [-0.25, -0.2) is 9.37 Å². The maximum absolute atomic E-state index is 13.7. The number of carbonyl (C=O) groups excluding carboxylic acids is 3. The Morgan fingerprint density at radius 3 is 2.65 bits per heavy atom. The topological polar surface area (TPSA) is 135 Å². The summed E-state index contributed by atoms with van der Waals surface area (Å²) in [4.78, 5) is 42.5. The van der Waals surface area contributed by atoms with Crippen molar-refractivity contribution >= 4 is 29.2 Å². The number of piperidine rings is 1. The molecular formula is C29H30FN7O3. The van der Waals surface area contributed by atoms with Gasteiger partial charge in [0.25, 0.3) is 5.91 Å². The molecule has 2 aromatic heterocycles. The van der Waals surface area contributed by atoms with Gasteiger partial charge in [0.15, 0.2) is 11.6 Å². The largest absolute Gasteiger partial charge is 0.385 e. The summed E-state index contributed by atoms with van der Waals surface area (Å²) in [7, 11) is 0. The van der Waals surface area contributed by atoms with Crippen molar-refractivity contribution in [3.05, 3.63) is 59.2 Å². The third-order valence-electron chi connectivity index (χ3n) is 8.58. The second-order valence-electron chi connectivity index (χ2n) is 11.4. The lowest BCUT2D eigenvalue weighted by atomic mass is 9.80. The van der Waals surface area contributed by atoms with Gasteiger partial charge >= 0.3 is 0 Å². The van der Waals surface area contributed by atoms with Gasteiger partial charge in [-0.05, 0) is 73.9 Å². The van der Waals surface area contributed by atoms with Crippen LogP contribution in [0.5, 0.6) is 0 Å². The molecule has 1 unspecified atom stereocenters. The maximum Gasteiger partial charge on any atom is 0.255 e. The molecule has 206 valence electrons. The van der Waals surface area contributed by atoms with E-state index in [1.807, 2.05) is 29.1 Å². The summed E-state index contributed by atoms with van der Waals surface area (Å²) in [5, 5.41) is 10.8. The van der Waals surface area contributed by atoms with Crippen LogP contribution < -0.4 is 16.4 Å². The molecule has 11 heteroatoms. The van der Waals surface area contributed by atoms with Crippen LogP contribution in [-0.4, -0.2) is 50.0 Å². The number of nitrogens with one attached hydrogen (secondary N) is 2. The first-order valence-corrected chi connectivity index (χ1v) is 13.9. The standard InChI is InChI=1S/C29H30FN7O3/c30-22-5-6-23(33-27(22)31)21-14-37(35-26(21)16-1-2-16)19-9-15(10-19)12-32-18-3-4-20-17(11-18)13-36(29(20)40)24-7-8-25(38)34-28(24)39/h3-6,11,14-16,19,24,32H,1-2,7-10,12-13H2,(H2,31,33)(H,34,38,39)/t15-,19-,24?. The number of benzene rings is 1. The quantitative estimate of drug-likeness (QED) is 0.389. The van der Waals surface area contributed by atoms with E-state index >= 15 is 0 Å². The number of hydrogen-bond acceptors (Lipinski definition) is 7. The Morgan fingerprint density at radius 2 is 1.90 bits per heavy atom. The van der Waals surface area contributed by atoms with Crippen molar-refractivity contribution in [2.45, 2.75) is 63.1 Å². The maximum atomic E-state index is 13.7. The number of nitrogen functional groups attached to an aromatic ring is 1. The number of amides is 3. The van der Waals surface area contributed by atoms with Gasteiger partial charge in [0, 0.05) is 48.4 Å². The number of carbonyl (C=O) groups is 3. The first-order valence-electron chi connectivity index (χ1n) is 13.9. The molecule has 0 radical (unpaired) electrons. The third kappa shape index (κ3) is 4.39. The molecule has 2 aliphatic carbocycles. The summed E-state index contributed by atoms with van der Waals surface area (Å²) in [5.41, 5.74) is 10.8. The summed E-state index contributed by atoms with van der Waals surface area (Å²) in [6.07, 6.45) is 6.82. The molecule has 3 amide bonds. The number of rotatable bonds is 7. The van der Waals surface area contributed by atoms with Gasteiger partial charge in [0.05, 0.1) is 17.4 Å². The molecule has 7 rings (SSSR count). The minimum Gasteiger partial charge on any atom is -0.385 e. The number of nitrogens with zero attached hydrogens (tertiary/aromatic N) is 4. The zero-order chi connectivity index (χ0) is 27.5. The highest BCUT2D eigenvalue weighted by Gasteiger charge is 2.39. The average molecular weight is 544 g/mol. The highest BCUT2D eigenvalue weighted by molar-refractivity contribution is 6.05. The van der Waals surface area contributed by atoms with E-state index in [0.29, 0.717) is 42.1 Å². The predicted octanol–water partition coefficient (Wildman–Crippen LogP) is 3.37. The fraction of sp³-hybridized carbons (Fsp3) is 0.414. The Bertz CT molecular complexity index is 1540. The Morgan fingerprint density at radius 1 is 1.07 bits per heavy atom. The second-order valence-corrected chi connectivity index (χ2v) is 11.4. The number of aromatic nitrogens is 3. The zero-order valence-electron chi connectivity index (χ0n) is 21.9. The van der Waals surface area contributed by atoms with Crippen molar-refractivity contribution in [2.24, 2.45) is 5.92 Å². The molecule has 4 heterocycles. The van der Waals surface area contributed by atoms with Gasteiger partial charge in [0.1, 0.15) is 6.04 Å². The van der Waals surface area contributed by atoms with E-state index in [4.69, 9.17) is 10.8 Å². The zero-order valence-corrected chi connectivity index (χ0v) is 21.9. The first-order chi connectivity index (χ1) is 19.3. The fourth-order valence-electron chi connectivity index (χ4n) is 6.09. The summed E-state index contributed by atoms with van der Waals surface area (Å²) >= 11 is 0. The van der Waals surface area contributed by atoms with Gasteiger partial charge in [-0.1, -0.05) is 0 Å². The monoisotopic (exact) mass is 543 g/mol. The Kier molecular flexibility index (Phi) is 5.83. The van der Waals surface area contributed by atoms with Crippen LogP contribution in [-0.2, 0) is 16.1 Å². The van der Waals surface area contributed by atoms with Crippen molar-refractivity contribution in [1.82, 2.24) is 25.0 Å². The molecule has 3 fully saturated rings. The summed E-state index contributed by atoms with van der Waals surface area (Å²) in [6, 6.07) is 8.42. The lowest BCUT2D eigenvalue weighted by Gasteiger charge is -2.35. The number of nitrogens with two attached hydrogens (primary N) is 1. The minimum absolute atomic E-state index is 0.0959. The highest BCUT2D eigenvalue weighted by atomic mass is 19.1. The molecule has 3 aromatic rings. The fourth-order valence-corrected chi connectivity index (χ4v) is 6.09. The van der Waals surface area contributed by atoms with Gasteiger partial charge in [-0.3, -0.25) is 24.4 Å². The summed E-state index contributed by atoms with van der Waals surface area (Å²) in [6.45, 7) is 1.17. The van der Waals surface area contributed by atoms with Gasteiger partial charge in [-0.15, -0.1) is 0 Å². The van der Waals surface area contributed by atoms with E-state index in [9.17, 15) is 18.8 Å². The number of hydrogen-bond donors (Lipinski definition) is 3. The van der Waals surface area contributed by atoms with Gasteiger partial charge in [0.2, 0.25) is 11.8 Å². The molecule has 10 nitrogen and oxygen atoms in total. The van der Waals surface area contributed by atoms with Crippen molar-refractivity contribution in [3.63, 3.8) is 0 Å². The molecule has 1 aromatic carbocycles. The van der Waals surface area contributed by atoms with Gasteiger partial charge in [-0.2, -0.15) is 5.10 Å². The molecule has 0 spiro atoms. The van der Waals surface area contributed by atoms with Crippen LogP contribution in [0, 0.1) is 11.7 Å². The van der Waals surface area contributed by atoms with E-state index in [2.05, 4.69) is 15.6 Å². The van der Waals surface area contributed by atoms with Crippen molar-refractivity contribution in [3.8, 4) is 11.3 Å². The van der Waals surface area contributed by atoms with Crippen LogP contribution in [0.1, 0.15) is 72.1 Å². The van der Waals surface area contributed by atoms with Gasteiger partial charge < -0.3 is 16.0 Å². The number of anilines is 2. The molecule has 4 N–H and O–H groups in total. The number of pyridine rings is 1. The highest BCUT2D eigenvalue weighted by Crippen LogP contribution is 2.45. The number of fused-ring (bicyclic) bond motifs is 1. The van der Waals surface area contributed by atoms with Crippen molar-refractivity contribution in [2.75, 3.05) is 17.6 Å². The van der Waals surface area contributed by atoms with Crippen LogP contribution in [0.15, 0.2) is 36.5 Å². The molecule has 1 saturated heterocycles. The number of imide groups is 1. The lowest BCUT2D eigenvalue weighted by molar-refractivity contribution is -0.136. The van der Waals surface area contributed by atoms with E-state index in [1.54, 1.807) is 11.0 Å². The number of halogens is 1. The minimum atomic E-state index is -0.611. The molecule has 0 bridgehead atoms. The average Bonchev–Trinajstić information content (AvgIpc) is 3.58. The molecule has 1 atom stereocenters. The normalized spacial score (nSPS) is 24.1. The lowest BCUT2D eigenvalue weighted by Crippen LogP contribution is -2.52. The van der Waals surface area contributed by atoms with Crippen molar-refractivity contribution in [1.29, 1.82) is 0 Å². The summed E-state index contributed by atoms with van der Waals surface area (Å²) < 4.78 is 15.7. The molecular weight excluding hydrogens is 513 g/mol. The second kappa shape index (κ2) is 9.42. The first kappa shape index (κ1) is 24.7. The van der Waals surface area contributed by atoms with Crippen LogP contribution in [0.2, 0.25) is 0 Å². The summed E-state index contributed by atoms with van der Waals surface area (Å²) in [5.74, 6) is -0.554. The Balaban J connectivity index is 0.971. The van der Waals surface area contributed by atoms with Crippen LogP contribution in [0.25, 0.3) is 11.3 Å². The SMILES string of the molecule is Nc1nc(-c2cn([C@H]3C[C@H](CNc4ccc5c(c4)CN(C4CCC(=O)NC4=O)C5=O)C3)nc2C2CC2)ccc1F. The van der Waals surface area contributed by atoms with Crippen LogP contribution in [0.4, 0.5) is 15.9 Å². The van der Waals surface area contributed by atoms with E-state index in [1.165, 1.54) is 6.07 Å². The van der Waals surface area contributed by atoms with E-state index in [-0.39, 0.29) is 24.1 Å². The van der Waals surface area contributed by atoms with Crippen molar-refractivity contribution < 1.29 is 18.8 Å². The Hall–Kier alpha value is -4.28. The van der Waals surface area contributed by atoms with Crippen LogP contribution in [0.3, 0.4) is 0 Å². The molecule has 4 aliphatic rings. The molecule has 2 saturated carbocycles. The Labute approximate surface area is 230 Å². The molecule has 2 aliphatic heterocycles. The van der Waals surface area contributed by atoms with E-state index in [0.717, 1.165) is 54.7 Å². The van der Waals surface area contributed by atoms with E-state index < -0.39 is 17.8 Å². The smallest absolute Gasteiger partial charge is 0.255 e. The molecule has 40 heavy (non-hydrogen) atoms. The third-order valence-corrected chi connectivity index (χ3v) is 8.58. The predicted molar refractivity (Wildman–Crippen MR) is 145 cm³/mol. The van der Waals surface area contributed by atoms with Crippen LogP contribution >= 0.6 is 0 Å².